The maximum absolute atomic E-state index is 12.2. The molecule has 1 aromatic rings. The normalized spacial score (nSPS) is 11.3. The minimum Gasteiger partial charge on any atom is -0.336 e. The van der Waals surface area contributed by atoms with Crippen molar-refractivity contribution >= 4 is 37.8 Å². The molecule has 0 heterocycles. The summed E-state index contributed by atoms with van der Waals surface area (Å²) in [5.74, 6) is 0.0331. The van der Waals surface area contributed by atoms with Crippen LogP contribution in [0.4, 0.5) is 0 Å². The first kappa shape index (κ1) is 13.7. The van der Waals surface area contributed by atoms with Crippen LogP contribution in [0.2, 0.25) is 0 Å². The van der Waals surface area contributed by atoms with Gasteiger partial charge in [-0.1, -0.05) is 37.9 Å². The molecule has 2 nitrogen and oxygen atoms in total. The maximum Gasteiger partial charge on any atom is 0.254 e. The van der Waals surface area contributed by atoms with E-state index in [1.165, 1.54) is 0 Å². The van der Waals surface area contributed by atoms with Gasteiger partial charge in [-0.15, -0.1) is 0 Å². The van der Waals surface area contributed by atoms with E-state index in [0.29, 0.717) is 5.56 Å². The average Bonchev–Trinajstić information content (AvgIpc) is 2.27. The molecule has 1 aromatic carbocycles. The number of rotatable bonds is 3. The zero-order valence-electron chi connectivity index (χ0n) is 9.63. The van der Waals surface area contributed by atoms with Crippen molar-refractivity contribution in [1.82, 2.24) is 4.90 Å². The first-order chi connectivity index (χ1) is 7.38. The molecule has 0 aromatic heterocycles. The van der Waals surface area contributed by atoms with Crippen molar-refractivity contribution in [3.8, 4) is 0 Å². The van der Waals surface area contributed by atoms with Gasteiger partial charge in [-0.25, -0.2) is 0 Å². The molecule has 0 radical (unpaired) electrons. The molecule has 0 aliphatic heterocycles. The highest BCUT2D eigenvalue weighted by Crippen LogP contribution is 2.20. The lowest BCUT2D eigenvalue weighted by molar-refractivity contribution is 0.0663. The zero-order chi connectivity index (χ0) is 12.3. The summed E-state index contributed by atoms with van der Waals surface area (Å²) in [5, 5.41) is 0.746. The van der Waals surface area contributed by atoms with Crippen molar-refractivity contribution in [3.63, 3.8) is 0 Å². The maximum atomic E-state index is 12.2. The average molecular weight is 349 g/mol. The highest BCUT2D eigenvalue weighted by Gasteiger charge is 2.27. The summed E-state index contributed by atoms with van der Waals surface area (Å²) in [6, 6.07) is 7.44. The molecule has 0 aliphatic rings. The van der Waals surface area contributed by atoms with E-state index < -0.39 is 0 Å². The minimum atomic E-state index is -0.195. The molecule has 0 aliphatic carbocycles. The minimum absolute atomic E-state index is 0.0331. The van der Waals surface area contributed by atoms with Gasteiger partial charge in [0, 0.05) is 28.0 Å². The fraction of sp³-hybridized carbons (Fsp3) is 0.417. The summed E-state index contributed by atoms with van der Waals surface area (Å²) in [4.78, 5) is 13.9. The Hall–Kier alpha value is -0.350. The fourth-order valence-corrected chi connectivity index (χ4v) is 1.96. The Bertz CT molecular complexity index is 390. The summed E-state index contributed by atoms with van der Waals surface area (Å²) in [6.07, 6.45) is 0. The summed E-state index contributed by atoms with van der Waals surface area (Å²) >= 11 is 6.79. The zero-order valence-corrected chi connectivity index (χ0v) is 12.8. The number of hydrogen-bond donors (Lipinski definition) is 0. The second kappa shape index (κ2) is 5.32. The van der Waals surface area contributed by atoms with Gasteiger partial charge in [0.15, 0.2) is 0 Å². The third-order valence-electron chi connectivity index (χ3n) is 2.61. The number of nitrogens with zero attached hydrogens (tertiary/aromatic N) is 1. The Morgan fingerprint density at radius 3 is 2.56 bits per heavy atom. The molecule has 16 heavy (non-hydrogen) atoms. The molecule has 1 rings (SSSR count). The lowest BCUT2D eigenvalue weighted by Gasteiger charge is -2.34. The van der Waals surface area contributed by atoms with Crippen molar-refractivity contribution in [2.45, 2.75) is 19.4 Å². The van der Waals surface area contributed by atoms with Gasteiger partial charge in [-0.2, -0.15) is 0 Å². The second-order valence-electron chi connectivity index (χ2n) is 4.32. The van der Waals surface area contributed by atoms with Crippen molar-refractivity contribution in [3.05, 3.63) is 34.3 Å². The van der Waals surface area contributed by atoms with Crippen LogP contribution in [0.25, 0.3) is 0 Å². The number of amides is 1. The van der Waals surface area contributed by atoms with Gasteiger partial charge in [-0.3, -0.25) is 4.79 Å². The van der Waals surface area contributed by atoms with Gasteiger partial charge < -0.3 is 4.90 Å². The van der Waals surface area contributed by atoms with E-state index in [9.17, 15) is 4.79 Å². The third-order valence-corrected chi connectivity index (χ3v) is 4.48. The molecule has 88 valence electrons. The van der Waals surface area contributed by atoms with Gasteiger partial charge in [0.1, 0.15) is 0 Å². The van der Waals surface area contributed by atoms with Gasteiger partial charge in [0.05, 0.1) is 0 Å². The van der Waals surface area contributed by atoms with Crippen LogP contribution in [-0.2, 0) is 0 Å². The van der Waals surface area contributed by atoms with Crippen LogP contribution < -0.4 is 0 Å². The standard InChI is InChI=1S/C12H15Br2NO/c1-12(2,8-13)15(3)11(16)9-5-4-6-10(14)7-9/h4-7H,8H2,1-3H3. The molecule has 4 heteroatoms. The summed E-state index contributed by atoms with van der Waals surface area (Å²) in [5.41, 5.74) is 0.505. The quantitative estimate of drug-likeness (QED) is 0.763. The summed E-state index contributed by atoms with van der Waals surface area (Å²) in [6.45, 7) is 4.05. The molecule has 0 fully saturated rings. The van der Waals surface area contributed by atoms with Crippen molar-refractivity contribution in [2.75, 3.05) is 12.4 Å². The number of carbonyl (C=O) groups is 1. The molecule has 0 saturated heterocycles. The molecular formula is C12H15Br2NO. The third kappa shape index (κ3) is 3.08. The molecule has 0 saturated carbocycles. The lowest BCUT2D eigenvalue weighted by Crippen LogP contribution is -2.46. The lowest BCUT2D eigenvalue weighted by atomic mass is 10.1. The molecule has 0 bridgehead atoms. The first-order valence-electron chi connectivity index (χ1n) is 4.98. The molecular weight excluding hydrogens is 334 g/mol. The smallest absolute Gasteiger partial charge is 0.254 e. The van der Waals surface area contributed by atoms with Crippen LogP contribution in [-0.4, -0.2) is 28.7 Å². The van der Waals surface area contributed by atoms with Gasteiger partial charge >= 0.3 is 0 Å². The molecule has 1 amide bonds. The number of hydrogen-bond acceptors (Lipinski definition) is 1. The van der Waals surface area contributed by atoms with Crippen LogP contribution >= 0.6 is 31.9 Å². The predicted molar refractivity (Wildman–Crippen MR) is 74.1 cm³/mol. The van der Waals surface area contributed by atoms with Crippen LogP contribution in [0.5, 0.6) is 0 Å². The van der Waals surface area contributed by atoms with E-state index in [0.717, 1.165) is 9.80 Å². The SMILES string of the molecule is CN(C(=O)c1cccc(Br)c1)C(C)(C)CBr. The summed E-state index contributed by atoms with van der Waals surface area (Å²) in [7, 11) is 1.82. The van der Waals surface area contributed by atoms with E-state index in [2.05, 4.69) is 31.9 Å². The Morgan fingerprint density at radius 2 is 2.06 bits per heavy atom. The predicted octanol–water partition coefficient (Wildman–Crippen LogP) is 3.69. The first-order valence-corrected chi connectivity index (χ1v) is 6.89. The van der Waals surface area contributed by atoms with Crippen molar-refractivity contribution in [2.24, 2.45) is 0 Å². The van der Waals surface area contributed by atoms with Crippen LogP contribution in [0, 0.1) is 0 Å². The Labute approximate surface area is 113 Å². The van der Waals surface area contributed by atoms with E-state index in [1.807, 2.05) is 45.2 Å². The van der Waals surface area contributed by atoms with E-state index in [4.69, 9.17) is 0 Å². The Morgan fingerprint density at radius 1 is 1.44 bits per heavy atom. The number of alkyl halides is 1. The number of halogens is 2. The molecule has 0 atom stereocenters. The van der Waals surface area contributed by atoms with Crippen LogP contribution in [0.1, 0.15) is 24.2 Å². The van der Waals surface area contributed by atoms with E-state index in [1.54, 1.807) is 4.90 Å². The van der Waals surface area contributed by atoms with Gasteiger partial charge in [-0.05, 0) is 32.0 Å². The largest absolute Gasteiger partial charge is 0.336 e. The highest BCUT2D eigenvalue weighted by molar-refractivity contribution is 9.10. The van der Waals surface area contributed by atoms with Crippen LogP contribution in [0.3, 0.4) is 0 Å². The second-order valence-corrected chi connectivity index (χ2v) is 5.80. The molecule has 0 N–H and O–H groups in total. The Balaban J connectivity index is 2.95. The van der Waals surface area contributed by atoms with Gasteiger partial charge in [0.25, 0.3) is 5.91 Å². The van der Waals surface area contributed by atoms with Gasteiger partial charge in [0.2, 0.25) is 0 Å². The van der Waals surface area contributed by atoms with Crippen molar-refractivity contribution < 1.29 is 4.79 Å². The fourth-order valence-electron chi connectivity index (χ4n) is 1.18. The Kier molecular flexibility index (Phi) is 4.56. The van der Waals surface area contributed by atoms with Crippen LogP contribution in [0.15, 0.2) is 28.7 Å². The highest BCUT2D eigenvalue weighted by atomic mass is 79.9. The number of benzene rings is 1. The molecule has 0 unspecified atom stereocenters. The van der Waals surface area contributed by atoms with E-state index in [-0.39, 0.29) is 11.4 Å². The summed E-state index contributed by atoms with van der Waals surface area (Å²) < 4.78 is 0.920. The van der Waals surface area contributed by atoms with E-state index >= 15 is 0 Å². The van der Waals surface area contributed by atoms with Crippen molar-refractivity contribution in [1.29, 1.82) is 0 Å². The molecule has 0 spiro atoms. The topological polar surface area (TPSA) is 20.3 Å². The monoisotopic (exact) mass is 347 g/mol. The number of carbonyl (C=O) groups excluding carboxylic acids is 1.